The highest BCUT2D eigenvalue weighted by Gasteiger charge is 2.07. The van der Waals surface area contributed by atoms with Crippen LogP contribution in [0.15, 0.2) is 34.5 Å². The van der Waals surface area contributed by atoms with Gasteiger partial charge in [0.2, 0.25) is 5.16 Å². The third kappa shape index (κ3) is 4.25. The maximum absolute atomic E-state index is 12.0. The standard InChI is InChI=1S/C13H14F2N4OS/c1-3-21-13-18-17-9(2)19(13)16-8-10-4-6-11(7-5-10)20-12(14)15/h4-8,12H,3H2,1-2H3/b16-8-. The summed E-state index contributed by atoms with van der Waals surface area (Å²) in [4.78, 5) is 0. The Labute approximate surface area is 125 Å². The third-order valence-corrected chi connectivity index (χ3v) is 3.27. The van der Waals surface area contributed by atoms with Crippen LogP contribution in [0, 0.1) is 6.92 Å². The number of hydrogen-bond acceptors (Lipinski definition) is 5. The number of nitrogens with zero attached hydrogens (tertiary/aromatic N) is 4. The van der Waals surface area contributed by atoms with Gasteiger partial charge in [0.05, 0.1) is 6.21 Å². The molecule has 1 heterocycles. The number of rotatable bonds is 6. The molecule has 0 fully saturated rings. The van der Waals surface area contributed by atoms with Crippen molar-refractivity contribution in [1.29, 1.82) is 0 Å². The van der Waals surface area contributed by atoms with Gasteiger partial charge in [0.1, 0.15) is 5.75 Å². The second-order valence-corrected chi connectivity index (χ2v) is 5.20. The Bertz CT molecular complexity index is 613. The van der Waals surface area contributed by atoms with Crippen molar-refractivity contribution in [1.82, 2.24) is 14.9 Å². The molecule has 1 aromatic carbocycles. The minimum atomic E-state index is -2.82. The van der Waals surface area contributed by atoms with Crippen LogP contribution in [0.5, 0.6) is 5.75 Å². The fraction of sp³-hybridized carbons (Fsp3) is 0.308. The minimum Gasteiger partial charge on any atom is -0.435 e. The number of thioether (sulfide) groups is 1. The highest BCUT2D eigenvalue weighted by atomic mass is 32.2. The lowest BCUT2D eigenvalue weighted by molar-refractivity contribution is -0.0498. The van der Waals surface area contributed by atoms with Crippen LogP contribution < -0.4 is 4.74 Å². The quantitative estimate of drug-likeness (QED) is 0.607. The van der Waals surface area contributed by atoms with Gasteiger partial charge in [-0.1, -0.05) is 18.7 Å². The summed E-state index contributed by atoms with van der Waals surface area (Å²) in [5.41, 5.74) is 0.761. The summed E-state index contributed by atoms with van der Waals surface area (Å²) < 4.78 is 30.0. The van der Waals surface area contributed by atoms with Crippen molar-refractivity contribution in [3.05, 3.63) is 35.7 Å². The van der Waals surface area contributed by atoms with E-state index in [-0.39, 0.29) is 5.75 Å². The number of hydrogen-bond donors (Lipinski definition) is 0. The minimum absolute atomic E-state index is 0.116. The largest absolute Gasteiger partial charge is 0.435 e. The molecule has 0 aliphatic rings. The maximum Gasteiger partial charge on any atom is 0.387 e. The SMILES string of the molecule is CCSc1nnc(C)n1/N=C\c1ccc(OC(F)F)cc1. The van der Waals surface area contributed by atoms with E-state index >= 15 is 0 Å². The zero-order valence-electron chi connectivity index (χ0n) is 11.5. The van der Waals surface area contributed by atoms with Gasteiger partial charge in [-0.25, -0.2) is 0 Å². The summed E-state index contributed by atoms with van der Waals surface area (Å²) in [6.45, 7) is 1.01. The molecule has 0 amide bonds. The van der Waals surface area contributed by atoms with Crippen molar-refractivity contribution in [3.8, 4) is 5.75 Å². The van der Waals surface area contributed by atoms with Crippen LogP contribution in [0.25, 0.3) is 0 Å². The normalized spacial score (nSPS) is 11.5. The molecule has 21 heavy (non-hydrogen) atoms. The molecule has 0 saturated carbocycles. The summed E-state index contributed by atoms with van der Waals surface area (Å²) in [7, 11) is 0. The first-order valence-corrected chi connectivity index (χ1v) is 7.22. The van der Waals surface area contributed by atoms with Gasteiger partial charge < -0.3 is 4.74 Å². The van der Waals surface area contributed by atoms with Crippen LogP contribution in [0.2, 0.25) is 0 Å². The monoisotopic (exact) mass is 312 g/mol. The van der Waals surface area contributed by atoms with Crippen molar-refractivity contribution >= 4 is 18.0 Å². The van der Waals surface area contributed by atoms with E-state index in [0.29, 0.717) is 11.0 Å². The molecule has 0 unspecified atom stereocenters. The van der Waals surface area contributed by atoms with Crippen molar-refractivity contribution in [3.63, 3.8) is 0 Å². The summed E-state index contributed by atoms with van der Waals surface area (Å²) in [5.74, 6) is 1.66. The lowest BCUT2D eigenvalue weighted by atomic mass is 10.2. The summed E-state index contributed by atoms with van der Waals surface area (Å²) in [6.07, 6.45) is 1.61. The zero-order valence-corrected chi connectivity index (χ0v) is 12.3. The molecule has 0 aliphatic heterocycles. The first-order valence-electron chi connectivity index (χ1n) is 6.24. The Morgan fingerprint density at radius 3 is 2.67 bits per heavy atom. The lowest BCUT2D eigenvalue weighted by Gasteiger charge is -2.04. The molecule has 112 valence electrons. The van der Waals surface area contributed by atoms with Crippen LogP contribution in [0.1, 0.15) is 18.3 Å². The van der Waals surface area contributed by atoms with Crippen molar-refractivity contribution in [2.24, 2.45) is 5.10 Å². The second-order valence-electron chi connectivity index (χ2n) is 3.97. The predicted molar refractivity (Wildman–Crippen MR) is 77.2 cm³/mol. The molecule has 5 nitrogen and oxygen atoms in total. The van der Waals surface area contributed by atoms with E-state index < -0.39 is 6.61 Å². The average Bonchev–Trinajstić information content (AvgIpc) is 2.79. The predicted octanol–water partition coefficient (Wildman–Crippen LogP) is 3.18. The topological polar surface area (TPSA) is 52.3 Å². The van der Waals surface area contributed by atoms with Crippen LogP contribution in [-0.2, 0) is 0 Å². The van der Waals surface area contributed by atoms with E-state index in [0.717, 1.165) is 11.3 Å². The molecular formula is C13H14F2N4OS. The molecule has 8 heteroatoms. The Morgan fingerprint density at radius 2 is 2.05 bits per heavy atom. The van der Waals surface area contributed by atoms with Gasteiger partial charge in [0.25, 0.3) is 0 Å². The van der Waals surface area contributed by atoms with Gasteiger partial charge in [-0.15, -0.1) is 10.2 Å². The summed E-state index contributed by atoms with van der Waals surface area (Å²) >= 11 is 1.54. The first-order chi connectivity index (χ1) is 10.1. The van der Waals surface area contributed by atoms with Crippen molar-refractivity contribution in [2.45, 2.75) is 25.6 Å². The smallest absolute Gasteiger partial charge is 0.387 e. The second kappa shape index (κ2) is 7.16. The van der Waals surface area contributed by atoms with Gasteiger partial charge in [-0.2, -0.15) is 18.6 Å². The first kappa shape index (κ1) is 15.4. The van der Waals surface area contributed by atoms with Crippen LogP contribution in [0.3, 0.4) is 0 Å². The number of halogens is 2. The summed E-state index contributed by atoms with van der Waals surface area (Å²) in [5, 5.41) is 13.0. The number of benzene rings is 1. The van der Waals surface area contributed by atoms with Gasteiger partial charge >= 0.3 is 6.61 Å². The highest BCUT2D eigenvalue weighted by molar-refractivity contribution is 7.99. The Balaban J connectivity index is 2.12. The molecule has 1 aromatic heterocycles. The lowest BCUT2D eigenvalue weighted by Crippen LogP contribution is -2.01. The number of ether oxygens (including phenoxy) is 1. The Kier molecular flexibility index (Phi) is 5.26. The van der Waals surface area contributed by atoms with E-state index in [1.165, 1.54) is 23.9 Å². The number of aromatic nitrogens is 3. The molecule has 0 bridgehead atoms. The van der Waals surface area contributed by atoms with Crippen LogP contribution >= 0.6 is 11.8 Å². The Hall–Kier alpha value is -1.96. The molecule has 2 rings (SSSR count). The number of alkyl halides is 2. The third-order valence-electron chi connectivity index (χ3n) is 2.47. The van der Waals surface area contributed by atoms with Crippen molar-refractivity contribution in [2.75, 3.05) is 5.75 Å². The summed E-state index contributed by atoms with van der Waals surface area (Å²) in [6, 6.07) is 6.23. The maximum atomic E-state index is 12.0. The fourth-order valence-electron chi connectivity index (χ4n) is 1.55. The van der Waals surface area contributed by atoms with E-state index in [4.69, 9.17) is 0 Å². The molecular weight excluding hydrogens is 298 g/mol. The molecule has 2 aromatic rings. The van der Waals surface area contributed by atoms with Crippen LogP contribution in [-0.4, -0.2) is 33.5 Å². The highest BCUT2D eigenvalue weighted by Crippen LogP contribution is 2.17. The van der Waals surface area contributed by atoms with E-state index in [9.17, 15) is 8.78 Å². The van der Waals surface area contributed by atoms with Crippen molar-refractivity contribution < 1.29 is 13.5 Å². The molecule has 0 atom stereocenters. The fourth-order valence-corrected chi connectivity index (χ4v) is 2.21. The van der Waals surface area contributed by atoms with Gasteiger partial charge in [-0.3, -0.25) is 0 Å². The molecule has 0 spiro atoms. The Morgan fingerprint density at radius 1 is 1.33 bits per heavy atom. The van der Waals surface area contributed by atoms with E-state index in [1.807, 2.05) is 13.8 Å². The van der Waals surface area contributed by atoms with Gasteiger partial charge in [0.15, 0.2) is 5.82 Å². The van der Waals surface area contributed by atoms with Crippen LogP contribution in [0.4, 0.5) is 8.78 Å². The number of aryl methyl sites for hydroxylation is 1. The molecule has 0 saturated heterocycles. The van der Waals surface area contributed by atoms with E-state index in [1.54, 1.807) is 23.0 Å². The zero-order chi connectivity index (χ0) is 15.2. The average molecular weight is 312 g/mol. The molecule has 0 aliphatic carbocycles. The van der Waals surface area contributed by atoms with Gasteiger partial charge in [-0.05, 0) is 42.5 Å². The van der Waals surface area contributed by atoms with Gasteiger partial charge in [0, 0.05) is 0 Å². The molecule has 0 N–H and O–H groups in total. The molecule has 0 radical (unpaired) electrons. The van der Waals surface area contributed by atoms with E-state index in [2.05, 4.69) is 20.0 Å².